The van der Waals surface area contributed by atoms with Crippen LogP contribution in [0.4, 0.5) is 0 Å². The highest BCUT2D eigenvalue weighted by molar-refractivity contribution is 9.10. The van der Waals surface area contributed by atoms with Gasteiger partial charge >= 0.3 is 5.69 Å². The number of hydrogen-bond donors (Lipinski definition) is 0. The summed E-state index contributed by atoms with van der Waals surface area (Å²) in [6.45, 7) is 0. The lowest BCUT2D eigenvalue weighted by Gasteiger charge is -2.02. The molecule has 2 heterocycles. The fourth-order valence-electron chi connectivity index (χ4n) is 2.23. The summed E-state index contributed by atoms with van der Waals surface area (Å²) in [6, 6.07) is 7.73. The maximum absolute atomic E-state index is 12.1. The molecule has 0 N–H and O–H groups in total. The van der Waals surface area contributed by atoms with Crippen molar-refractivity contribution < 1.29 is 0 Å². The van der Waals surface area contributed by atoms with Gasteiger partial charge in [0, 0.05) is 36.6 Å². The highest BCUT2D eigenvalue weighted by Gasteiger charge is 2.11. The molecule has 3 aromatic rings. The van der Waals surface area contributed by atoms with Gasteiger partial charge < -0.3 is 4.57 Å². The van der Waals surface area contributed by atoms with E-state index < -0.39 is 0 Å². The van der Waals surface area contributed by atoms with E-state index in [1.165, 1.54) is 11.6 Å². The Balaban J connectivity index is 2.34. The topological polar surface area (TPSA) is 48.9 Å². The van der Waals surface area contributed by atoms with Crippen molar-refractivity contribution in [2.45, 2.75) is 0 Å². The van der Waals surface area contributed by atoms with E-state index >= 15 is 0 Å². The molecule has 20 heavy (non-hydrogen) atoms. The van der Waals surface area contributed by atoms with Gasteiger partial charge in [0.15, 0.2) is 0 Å². The van der Waals surface area contributed by atoms with Gasteiger partial charge in [0.2, 0.25) is 0 Å². The zero-order valence-corrected chi connectivity index (χ0v) is 12.6. The summed E-state index contributed by atoms with van der Waals surface area (Å²) < 4.78 is 5.43. The minimum absolute atomic E-state index is 0.279. The number of hydrogen-bond acceptors (Lipinski definition) is 2. The number of aromatic nitrogens is 3. The minimum Gasteiger partial charge on any atom is -0.321 e. The second-order valence-electron chi connectivity index (χ2n) is 4.65. The Hall–Kier alpha value is -2.08. The SMILES string of the molecule is Cn1c(=O)c2cn(-c3ccc(Br)cc3)cc2n(C)c1=O. The number of halogens is 1. The van der Waals surface area contributed by atoms with Crippen molar-refractivity contribution in [3.63, 3.8) is 0 Å². The van der Waals surface area contributed by atoms with Crippen LogP contribution in [-0.4, -0.2) is 13.7 Å². The van der Waals surface area contributed by atoms with Crippen LogP contribution in [0.1, 0.15) is 0 Å². The number of aryl methyl sites for hydroxylation is 1. The average molecular weight is 334 g/mol. The van der Waals surface area contributed by atoms with E-state index in [4.69, 9.17) is 0 Å². The van der Waals surface area contributed by atoms with Gasteiger partial charge in [0.05, 0.1) is 10.9 Å². The van der Waals surface area contributed by atoms with Gasteiger partial charge in [-0.05, 0) is 24.3 Å². The van der Waals surface area contributed by atoms with Crippen molar-refractivity contribution in [3.8, 4) is 5.69 Å². The molecule has 6 heteroatoms. The highest BCUT2D eigenvalue weighted by atomic mass is 79.9. The molecule has 0 unspecified atom stereocenters. The maximum atomic E-state index is 12.1. The summed E-state index contributed by atoms with van der Waals surface area (Å²) >= 11 is 3.39. The predicted octanol–water partition coefficient (Wildman–Crippen LogP) is 1.79. The van der Waals surface area contributed by atoms with Crippen molar-refractivity contribution >= 4 is 26.8 Å². The van der Waals surface area contributed by atoms with Crippen LogP contribution in [0, 0.1) is 0 Å². The van der Waals surface area contributed by atoms with E-state index in [0.717, 1.165) is 14.7 Å². The highest BCUT2D eigenvalue weighted by Crippen LogP contribution is 2.17. The first-order valence-corrected chi connectivity index (χ1v) is 6.82. The molecular weight excluding hydrogens is 322 g/mol. The Labute approximate surface area is 122 Å². The smallest absolute Gasteiger partial charge is 0.321 e. The van der Waals surface area contributed by atoms with Crippen LogP contribution in [0.3, 0.4) is 0 Å². The molecule has 0 saturated carbocycles. The Kier molecular flexibility index (Phi) is 2.90. The molecular formula is C14H12BrN3O2. The summed E-state index contributed by atoms with van der Waals surface area (Å²) in [6.07, 6.45) is 3.54. The molecule has 0 bridgehead atoms. The van der Waals surface area contributed by atoms with Gasteiger partial charge in [-0.3, -0.25) is 13.9 Å². The number of fused-ring (bicyclic) bond motifs is 1. The lowest BCUT2D eigenvalue weighted by Crippen LogP contribution is -2.36. The third kappa shape index (κ3) is 1.84. The quantitative estimate of drug-likeness (QED) is 0.681. The van der Waals surface area contributed by atoms with Crippen molar-refractivity contribution in [3.05, 3.63) is 62.0 Å². The summed E-state index contributed by atoms with van der Waals surface area (Å²) in [4.78, 5) is 24.0. The number of nitrogens with zero attached hydrogens (tertiary/aromatic N) is 3. The van der Waals surface area contributed by atoms with E-state index in [2.05, 4.69) is 15.9 Å². The van der Waals surface area contributed by atoms with Crippen molar-refractivity contribution in [1.82, 2.24) is 13.7 Å². The monoisotopic (exact) mass is 333 g/mol. The number of benzene rings is 1. The Morgan fingerprint density at radius 1 is 0.950 bits per heavy atom. The lowest BCUT2D eigenvalue weighted by atomic mass is 10.3. The predicted molar refractivity (Wildman–Crippen MR) is 81.5 cm³/mol. The second kappa shape index (κ2) is 4.49. The summed E-state index contributed by atoms with van der Waals surface area (Å²) in [5.74, 6) is 0. The van der Waals surface area contributed by atoms with Crippen LogP contribution in [-0.2, 0) is 14.1 Å². The van der Waals surface area contributed by atoms with E-state index in [1.807, 2.05) is 28.8 Å². The first-order valence-electron chi connectivity index (χ1n) is 6.02. The molecule has 102 valence electrons. The van der Waals surface area contributed by atoms with Gasteiger partial charge in [-0.2, -0.15) is 0 Å². The fraction of sp³-hybridized carbons (Fsp3) is 0.143. The Morgan fingerprint density at radius 2 is 1.60 bits per heavy atom. The van der Waals surface area contributed by atoms with E-state index in [1.54, 1.807) is 19.4 Å². The maximum Gasteiger partial charge on any atom is 0.330 e. The van der Waals surface area contributed by atoms with Gasteiger partial charge in [0.1, 0.15) is 0 Å². The van der Waals surface area contributed by atoms with Crippen LogP contribution >= 0.6 is 15.9 Å². The Morgan fingerprint density at radius 3 is 2.25 bits per heavy atom. The molecule has 0 aliphatic carbocycles. The Bertz CT molecular complexity index is 916. The van der Waals surface area contributed by atoms with Crippen LogP contribution in [0.15, 0.2) is 50.7 Å². The molecule has 0 atom stereocenters. The zero-order chi connectivity index (χ0) is 14.4. The van der Waals surface area contributed by atoms with Crippen molar-refractivity contribution in [2.24, 2.45) is 14.1 Å². The third-order valence-electron chi connectivity index (χ3n) is 3.40. The van der Waals surface area contributed by atoms with E-state index in [0.29, 0.717) is 10.9 Å². The molecule has 2 aromatic heterocycles. The van der Waals surface area contributed by atoms with E-state index in [9.17, 15) is 9.59 Å². The molecule has 5 nitrogen and oxygen atoms in total. The van der Waals surface area contributed by atoms with Gasteiger partial charge in [-0.15, -0.1) is 0 Å². The number of rotatable bonds is 1. The van der Waals surface area contributed by atoms with Crippen molar-refractivity contribution in [2.75, 3.05) is 0 Å². The van der Waals surface area contributed by atoms with Crippen LogP contribution < -0.4 is 11.2 Å². The molecule has 0 aliphatic rings. The average Bonchev–Trinajstić information content (AvgIpc) is 2.89. The summed E-state index contributed by atoms with van der Waals surface area (Å²) in [5.41, 5.74) is 0.954. The van der Waals surface area contributed by atoms with Crippen molar-refractivity contribution in [1.29, 1.82) is 0 Å². The summed E-state index contributed by atoms with van der Waals surface area (Å²) in [5, 5.41) is 0.525. The molecule has 3 rings (SSSR count). The molecule has 0 spiro atoms. The van der Waals surface area contributed by atoms with Gasteiger partial charge in [0.25, 0.3) is 5.56 Å². The zero-order valence-electron chi connectivity index (χ0n) is 11.0. The molecule has 0 fully saturated rings. The largest absolute Gasteiger partial charge is 0.330 e. The fourth-order valence-corrected chi connectivity index (χ4v) is 2.50. The normalized spacial score (nSPS) is 11.2. The van der Waals surface area contributed by atoms with E-state index in [-0.39, 0.29) is 11.2 Å². The van der Waals surface area contributed by atoms with Crippen LogP contribution in [0.2, 0.25) is 0 Å². The molecule has 0 amide bonds. The standard InChI is InChI=1S/C14H12BrN3O2/c1-16-12-8-18(10-5-3-9(15)4-6-10)7-11(12)13(19)17(2)14(16)20/h3-8H,1-2H3. The van der Waals surface area contributed by atoms with Gasteiger partial charge in [-0.25, -0.2) is 4.79 Å². The lowest BCUT2D eigenvalue weighted by molar-refractivity contribution is 0.714. The molecule has 1 aromatic carbocycles. The molecule has 0 aliphatic heterocycles. The molecule has 0 saturated heterocycles. The second-order valence-corrected chi connectivity index (χ2v) is 5.56. The first kappa shape index (κ1) is 12.9. The molecule has 0 radical (unpaired) electrons. The van der Waals surface area contributed by atoms with Crippen LogP contribution in [0.25, 0.3) is 16.6 Å². The van der Waals surface area contributed by atoms with Gasteiger partial charge in [-0.1, -0.05) is 15.9 Å². The first-order chi connectivity index (χ1) is 9.49. The third-order valence-corrected chi connectivity index (χ3v) is 3.93. The minimum atomic E-state index is -0.323. The summed E-state index contributed by atoms with van der Waals surface area (Å²) in [7, 11) is 3.15. The van der Waals surface area contributed by atoms with Crippen LogP contribution in [0.5, 0.6) is 0 Å².